The van der Waals surface area contributed by atoms with E-state index >= 15 is 0 Å². The number of nitrogens with zero attached hydrogens (tertiary/aromatic N) is 2. The van der Waals surface area contributed by atoms with Gasteiger partial charge >= 0.3 is 0 Å². The first kappa shape index (κ1) is 15.5. The number of H-pyrrole nitrogens is 2. The number of aromatic nitrogens is 4. The second kappa shape index (κ2) is 5.99. The first-order chi connectivity index (χ1) is 11.5. The van der Waals surface area contributed by atoms with Crippen LogP contribution in [0.25, 0.3) is 5.95 Å². The molecule has 122 valence electrons. The Hall–Kier alpha value is -3.42. The number of aryl methyl sites for hydroxylation is 1. The van der Waals surface area contributed by atoms with Gasteiger partial charge in [-0.3, -0.25) is 19.7 Å². The Kier molecular flexibility index (Phi) is 3.87. The van der Waals surface area contributed by atoms with E-state index in [1.54, 1.807) is 6.92 Å². The first-order valence-electron chi connectivity index (χ1n) is 7.13. The van der Waals surface area contributed by atoms with Gasteiger partial charge in [0.05, 0.1) is 11.5 Å². The molecule has 0 spiro atoms. The van der Waals surface area contributed by atoms with Gasteiger partial charge < -0.3 is 9.90 Å². The Balaban J connectivity index is 2.03. The molecule has 2 heterocycles. The fourth-order valence-electron chi connectivity index (χ4n) is 2.38. The van der Waals surface area contributed by atoms with Gasteiger partial charge in [-0.25, -0.2) is 4.98 Å². The summed E-state index contributed by atoms with van der Waals surface area (Å²) in [5, 5.41) is 13.6. The lowest BCUT2D eigenvalue weighted by Crippen LogP contribution is -2.32. The lowest BCUT2D eigenvalue weighted by atomic mass is 10.1. The van der Waals surface area contributed by atoms with Crippen molar-refractivity contribution in [3.05, 3.63) is 79.6 Å². The number of hydrogen-bond acceptors (Lipinski definition) is 5. The zero-order chi connectivity index (χ0) is 17.3. The predicted molar refractivity (Wildman–Crippen MR) is 83.1 cm³/mol. The molecule has 0 saturated heterocycles. The summed E-state index contributed by atoms with van der Waals surface area (Å²) in [6.07, 6.45) is 1.29. The van der Waals surface area contributed by atoms with Gasteiger partial charge in [0.15, 0.2) is 0 Å². The van der Waals surface area contributed by atoms with Crippen molar-refractivity contribution in [3.63, 3.8) is 0 Å². The maximum atomic E-state index is 12.6. The molecule has 0 aliphatic heterocycles. The Morgan fingerprint density at radius 1 is 1.25 bits per heavy atom. The highest BCUT2D eigenvalue weighted by atomic mass is 16.4. The Morgan fingerprint density at radius 3 is 2.58 bits per heavy atom. The summed E-state index contributed by atoms with van der Waals surface area (Å²) in [5.74, 6) is -1.72. The van der Waals surface area contributed by atoms with Crippen LogP contribution in [-0.4, -0.2) is 25.7 Å². The lowest BCUT2D eigenvalue weighted by Gasteiger charge is -2.03. The van der Waals surface area contributed by atoms with E-state index in [1.807, 2.05) is 30.3 Å². The van der Waals surface area contributed by atoms with Gasteiger partial charge in [0, 0.05) is 23.9 Å². The highest BCUT2D eigenvalue weighted by molar-refractivity contribution is 5.84. The maximum Gasteiger partial charge on any atom is 0.277 e. The molecule has 3 aromatic rings. The molecule has 2 N–H and O–H groups in total. The monoisotopic (exact) mass is 325 g/mol. The van der Waals surface area contributed by atoms with Crippen LogP contribution in [0.15, 0.2) is 46.1 Å². The number of aromatic carboxylic acids is 1. The van der Waals surface area contributed by atoms with E-state index in [2.05, 4.69) is 15.1 Å². The molecule has 0 radical (unpaired) electrons. The lowest BCUT2D eigenvalue weighted by molar-refractivity contribution is -0.255. The molecule has 0 bridgehead atoms. The Morgan fingerprint density at radius 2 is 1.96 bits per heavy atom. The smallest absolute Gasteiger partial charge is 0.277 e. The van der Waals surface area contributed by atoms with Crippen LogP contribution in [0, 0.1) is 6.92 Å². The molecule has 0 saturated carbocycles. The van der Waals surface area contributed by atoms with Crippen LogP contribution in [0.2, 0.25) is 0 Å². The summed E-state index contributed by atoms with van der Waals surface area (Å²) in [7, 11) is 0. The van der Waals surface area contributed by atoms with Crippen molar-refractivity contribution in [2.45, 2.75) is 13.3 Å². The zero-order valence-electron chi connectivity index (χ0n) is 12.7. The van der Waals surface area contributed by atoms with E-state index in [9.17, 15) is 19.5 Å². The highest BCUT2D eigenvalue weighted by Crippen LogP contribution is 2.09. The Bertz CT molecular complexity index is 1010. The largest absolute Gasteiger partial charge is 0.545 e. The van der Waals surface area contributed by atoms with Crippen molar-refractivity contribution in [1.29, 1.82) is 0 Å². The number of carbonyl (C=O) groups is 1. The van der Waals surface area contributed by atoms with Gasteiger partial charge in [0.1, 0.15) is 0 Å². The number of nitrogens with one attached hydrogen (secondary N) is 2. The summed E-state index contributed by atoms with van der Waals surface area (Å²) in [6, 6.07) is 9.47. The van der Waals surface area contributed by atoms with Crippen molar-refractivity contribution < 1.29 is 9.90 Å². The van der Waals surface area contributed by atoms with E-state index in [0.717, 1.165) is 16.4 Å². The minimum atomic E-state index is -1.63. The molecule has 3 rings (SSSR count). The molecule has 0 unspecified atom stereocenters. The third kappa shape index (κ3) is 2.76. The number of rotatable bonds is 4. The van der Waals surface area contributed by atoms with Crippen LogP contribution in [0.3, 0.4) is 0 Å². The molecule has 0 atom stereocenters. The third-order valence-corrected chi connectivity index (χ3v) is 3.63. The number of carboxylic acid groups (broad SMARTS) is 1. The van der Waals surface area contributed by atoms with Crippen LogP contribution in [0.5, 0.6) is 0 Å². The molecule has 0 fully saturated rings. The fourth-order valence-corrected chi connectivity index (χ4v) is 2.38. The summed E-state index contributed by atoms with van der Waals surface area (Å²) < 4.78 is 1.08. The second-order valence-electron chi connectivity index (χ2n) is 5.26. The number of aromatic amines is 2. The average Bonchev–Trinajstić information content (AvgIpc) is 2.83. The van der Waals surface area contributed by atoms with Gasteiger partial charge in [-0.05, 0) is 12.5 Å². The average molecular weight is 325 g/mol. The summed E-state index contributed by atoms with van der Waals surface area (Å²) in [4.78, 5) is 41.1. The molecule has 8 heteroatoms. The first-order valence-corrected chi connectivity index (χ1v) is 7.13. The van der Waals surface area contributed by atoms with E-state index in [4.69, 9.17) is 0 Å². The van der Waals surface area contributed by atoms with Crippen molar-refractivity contribution in [2.75, 3.05) is 0 Å². The summed E-state index contributed by atoms with van der Waals surface area (Å²) in [6.45, 7) is 1.74. The SMILES string of the molecule is Cc1[nH]n(-c2ncc(C(=O)[O-])c(=O)[nH]2)c(=O)c1Cc1ccccc1. The van der Waals surface area contributed by atoms with Crippen molar-refractivity contribution in [3.8, 4) is 5.95 Å². The van der Waals surface area contributed by atoms with Crippen molar-refractivity contribution in [1.82, 2.24) is 19.7 Å². The van der Waals surface area contributed by atoms with Gasteiger partial charge in [0.2, 0.25) is 5.95 Å². The quantitative estimate of drug-likeness (QED) is 0.670. The van der Waals surface area contributed by atoms with Gasteiger partial charge in [0.25, 0.3) is 11.1 Å². The molecule has 8 nitrogen and oxygen atoms in total. The van der Waals surface area contributed by atoms with Crippen LogP contribution >= 0.6 is 0 Å². The maximum absolute atomic E-state index is 12.6. The minimum absolute atomic E-state index is 0.0857. The van der Waals surface area contributed by atoms with E-state index < -0.39 is 17.1 Å². The molecule has 1 aromatic carbocycles. The molecule has 2 aromatic heterocycles. The number of carboxylic acids is 1. The van der Waals surface area contributed by atoms with Gasteiger partial charge in [-0.1, -0.05) is 30.3 Å². The standard InChI is InChI=1S/C16H14N4O4/c1-9-11(7-10-5-3-2-4-6-10)14(22)20(19-9)16-17-8-12(15(23)24)13(21)18-16/h2-6,8,19H,7H2,1H3,(H,23,24)(H,17,18,21)/p-1. The summed E-state index contributed by atoms with van der Waals surface area (Å²) in [5.41, 5.74) is 0.296. The normalized spacial score (nSPS) is 10.7. The van der Waals surface area contributed by atoms with Crippen LogP contribution in [0.4, 0.5) is 0 Å². The predicted octanol–water partition coefficient (Wildman–Crippen LogP) is -0.488. The van der Waals surface area contributed by atoms with Gasteiger partial charge in [-0.15, -0.1) is 0 Å². The second-order valence-corrected chi connectivity index (χ2v) is 5.26. The van der Waals surface area contributed by atoms with E-state index in [-0.39, 0.29) is 11.5 Å². The van der Waals surface area contributed by atoms with E-state index in [1.165, 1.54) is 0 Å². The van der Waals surface area contributed by atoms with Crippen molar-refractivity contribution >= 4 is 5.97 Å². The van der Waals surface area contributed by atoms with E-state index in [0.29, 0.717) is 17.7 Å². The third-order valence-electron chi connectivity index (χ3n) is 3.63. The van der Waals surface area contributed by atoms with Crippen LogP contribution in [-0.2, 0) is 6.42 Å². The van der Waals surface area contributed by atoms with Gasteiger partial charge in [-0.2, -0.15) is 4.68 Å². The number of benzene rings is 1. The molecule has 0 aliphatic carbocycles. The fraction of sp³-hybridized carbons (Fsp3) is 0.125. The van der Waals surface area contributed by atoms with Crippen molar-refractivity contribution in [2.24, 2.45) is 0 Å². The Labute approximate surface area is 135 Å². The topological polar surface area (TPSA) is 124 Å². The molecule has 24 heavy (non-hydrogen) atoms. The molecule has 0 aliphatic rings. The summed E-state index contributed by atoms with van der Waals surface area (Å²) >= 11 is 0. The van der Waals surface area contributed by atoms with Crippen LogP contribution < -0.4 is 16.2 Å². The molecular formula is C16H13N4O4-. The zero-order valence-corrected chi connectivity index (χ0v) is 12.7. The van der Waals surface area contributed by atoms with Crippen LogP contribution in [0.1, 0.15) is 27.2 Å². The number of carbonyl (C=O) groups excluding carboxylic acids is 1. The number of hydrogen-bond donors (Lipinski definition) is 2. The highest BCUT2D eigenvalue weighted by Gasteiger charge is 2.15. The molecular weight excluding hydrogens is 312 g/mol. The molecule has 0 amide bonds. The minimum Gasteiger partial charge on any atom is -0.545 e.